The van der Waals surface area contributed by atoms with Crippen LogP contribution in [0.2, 0.25) is 0 Å². The van der Waals surface area contributed by atoms with Gasteiger partial charge in [-0.05, 0) is 24.1 Å². The van der Waals surface area contributed by atoms with Crippen molar-refractivity contribution in [3.05, 3.63) is 65.4 Å². The molecule has 0 spiro atoms. The molecule has 1 amide bonds. The lowest BCUT2D eigenvalue weighted by Gasteiger charge is -2.33. The maximum Gasteiger partial charge on any atom is 0.490 e. The highest BCUT2D eigenvalue weighted by Crippen LogP contribution is 2.45. The number of hydrogen-bond acceptors (Lipinski definition) is 7. The Labute approximate surface area is 210 Å². The molecule has 198 valence electrons. The Morgan fingerprint density at radius 1 is 1.05 bits per heavy atom. The van der Waals surface area contributed by atoms with Crippen LogP contribution in [0.25, 0.3) is 22.5 Å². The largest absolute Gasteiger partial charge is 0.490 e. The van der Waals surface area contributed by atoms with Gasteiger partial charge in [-0.3, -0.25) is 4.79 Å². The molecule has 4 N–H and O–H groups in total. The molecular formula is C24H17F6N5O3. The number of alkyl halides is 6. The quantitative estimate of drug-likeness (QED) is 0.356. The van der Waals surface area contributed by atoms with Crippen molar-refractivity contribution in [1.29, 1.82) is 5.26 Å². The minimum Gasteiger partial charge on any atom is -0.427 e. The molecule has 3 rings (SSSR count). The number of halogens is 6. The molecule has 0 saturated carbocycles. The van der Waals surface area contributed by atoms with Crippen LogP contribution in [0, 0.1) is 18.3 Å². The van der Waals surface area contributed by atoms with E-state index >= 15 is 0 Å². The molecule has 1 heterocycles. The molecule has 0 bridgehead atoms. The molecule has 0 radical (unpaired) electrons. The van der Waals surface area contributed by atoms with Crippen LogP contribution < -0.4 is 11.5 Å². The summed E-state index contributed by atoms with van der Waals surface area (Å²) in [7, 11) is 0. The molecule has 3 aromatic rings. The van der Waals surface area contributed by atoms with Crippen LogP contribution in [0.4, 0.5) is 32.2 Å². The fourth-order valence-corrected chi connectivity index (χ4v) is 3.54. The van der Waals surface area contributed by atoms with Crippen LogP contribution in [-0.2, 0) is 26.3 Å². The summed E-state index contributed by atoms with van der Waals surface area (Å²) in [5.41, 5.74) is 6.59. The predicted molar refractivity (Wildman–Crippen MR) is 120 cm³/mol. The van der Waals surface area contributed by atoms with E-state index in [-0.39, 0.29) is 34.8 Å². The third-order valence-electron chi connectivity index (χ3n) is 5.45. The van der Waals surface area contributed by atoms with Gasteiger partial charge in [0.05, 0.1) is 24.4 Å². The molecule has 1 unspecified atom stereocenters. The van der Waals surface area contributed by atoms with E-state index in [4.69, 9.17) is 16.7 Å². The molecular weight excluding hydrogens is 520 g/mol. The fraction of sp³-hybridized carbons (Fsp3) is 0.208. The molecule has 1 aromatic heterocycles. The lowest BCUT2D eigenvalue weighted by atomic mass is 9.88. The van der Waals surface area contributed by atoms with Gasteiger partial charge in [0.25, 0.3) is 5.91 Å². The first-order valence-electron chi connectivity index (χ1n) is 10.5. The standard InChI is InChI=1S/C24H17F6N5O3/c1-12-2-7-15(22(20(33)36,24(28,29)30)38-21(37)23(25,26)27)10-16(12)17-11-34-19(32)18(35-17)14-5-3-13(4-6-14)8-9-31/h2-7,10-11H,8H2,1H3,(H2,32,34)(H2,33,36). The normalized spacial score (nSPS) is 13.3. The summed E-state index contributed by atoms with van der Waals surface area (Å²) in [6.45, 7) is 1.45. The van der Waals surface area contributed by atoms with E-state index in [9.17, 15) is 35.9 Å². The molecule has 0 aliphatic carbocycles. The van der Waals surface area contributed by atoms with Crippen molar-refractivity contribution in [3.63, 3.8) is 0 Å². The van der Waals surface area contributed by atoms with Crippen LogP contribution in [-0.4, -0.2) is 34.2 Å². The fourth-order valence-electron chi connectivity index (χ4n) is 3.54. The smallest absolute Gasteiger partial charge is 0.427 e. The Kier molecular flexibility index (Phi) is 7.35. The number of anilines is 1. The number of ether oxygens (including phenoxy) is 1. The van der Waals surface area contributed by atoms with Crippen molar-refractivity contribution in [2.75, 3.05) is 5.73 Å². The van der Waals surface area contributed by atoms with Gasteiger partial charge in [0.2, 0.25) is 0 Å². The summed E-state index contributed by atoms with van der Waals surface area (Å²) in [6.07, 6.45) is -10.5. The molecule has 0 aliphatic rings. The molecule has 2 aromatic carbocycles. The molecule has 14 heteroatoms. The number of nitrogens with zero attached hydrogens (tertiary/aromatic N) is 3. The van der Waals surface area contributed by atoms with Crippen molar-refractivity contribution in [1.82, 2.24) is 9.97 Å². The Morgan fingerprint density at radius 3 is 2.21 bits per heavy atom. The lowest BCUT2D eigenvalue weighted by molar-refractivity contribution is -0.280. The minimum atomic E-state index is -5.87. The van der Waals surface area contributed by atoms with Gasteiger partial charge in [-0.15, -0.1) is 0 Å². The van der Waals surface area contributed by atoms with Crippen LogP contribution in [0.5, 0.6) is 0 Å². The SMILES string of the molecule is Cc1ccc(C(OC(=O)C(F)(F)F)(C(N)=O)C(F)(F)F)cc1-c1cnc(N)c(-c2ccc(CC#N)cc2)n1. The van der Waals surface area contributed by atoms with Gasteiger partial charge in [0, 0.05) is 16.7 Å². The van der Waals surface area contributed by atoms with Crippen LogP contribution in [0.3, 0.4) is 0 Å². The first kappa shape index (κ1) is 27.9. The highest BCUT2D eigenvalue weighted by atomic mass is 19.4. The first-order valence-corrected chi connectivity index (χ1v) is 10.5. The van der Waals surface area contributed by atoms with Gasteiger partial charge in [-0.25, -0.2) is 14.8 Å². The minimum absolute atomic E-state index is 0.0449. The Bertz CT molecular complexity index is 1430. The van der Waals surface area contributed by atoms with Crippen molar-refractivity contribution in [3.8, 4) is 28.6 Å². The van der Waals surface area contributed by atoms with E-state index in [0.717, 1.165) is 12.3 Å². The van der Waals surface area contributed by atoms with E-state index in [1.165, 1.54) is 6.92 Å². The average Bonchev–Trinajstić information content (AvgIpc) is 2.82. The predicted octanol–water partition coefficient (Wildman–Crippen LogP) is 4.12. The number of amides is 1. The zero-order valence-corrected chi connectivity index (χ0v) is 19.3. The maximum atomic E-state index is 14.1. The van der Waals surface area contributed by atoms with Crippen LogP contribution >= 0.6 is 0 Å². The third kappa shape index (κ3) is 5.22. The number of aryl methyl sites for hydroxylation is 1. The highest BCUT2D eigenvalue weighted by Gasteiger charge is 2.66. The Balaban J connectivity index is 2.20. The summed E-state index contributed by atoms with van der Waals surface area (Å²) in [5.74, 6) is -5.69. The zero-order chi connectivity index (χ0) is 28.5. The number of primary amides is 1. The zero-order valence-electron chi connectivity index (χ0n) is 19.3. The number of nitriles is 1. The number of carbonyl (C=O) groups is 2. The van der Waals surface area contributed by atoms with Gasteiger partial charge >= 0.3 is 23.9 Å². The van der Waals surface area contributed by atoms with Crippen molar-refractivity contribution < 1.29 is 40.7 Å². The summed E-state index contributed by atoms with van der Waals surface area (Å²) >= 11 is 0. The summed E-state index contributed by atoms with van der Waals surface area (Å²) in [5, 5.41) is 8.82. The molecule has 1 atom stereocenters. The number of nitrogens with two attached hydrogens (primary N) is 2. The maximum absolute atomic E-state index is 14.1. The number of hydrogen-bond donors (Lipinski definition) is 2. The van der Waals surface area contributed by atoms with Crippen molar-refractivity contribution >= 4 is 17.7 Å². The second-order valence-electron chi connectivity index (χ2n) is 7.98. The number of esters is 1. The van der Waals surface area contributed by atoms with E-state index in [1.807, 2.05) is 6.07 Å². The molecule has 38 heavy (non-hydrogen) atoms. The van der Waals surface area contributed by atoms with Gasteiger partial charge < -0.3 is 16.2 Å². The summed E-state index contributed by atoms with van der Waals surface area (Å²) in [6, 6.07) is 10.9. The molecule has 8 nitrogen and oxygen atoms in total. The number of aromatic nitrogens is 2. The Hall–Kier alpha value is -4.67. The molecule has 0 aliphatic heterocycles. The number of carbonyl (C=O) groups excluding carboxylic acids is 2. The van der Waals surface area contributed by atoms with E-state index in [2.05, 4.69) is 14.7 Å². The second-order valence-corrected chi connectivity index (χ2v) is 7.98. The van der Waals surface area contributed by atoms with Gasteiger partial charge in [0.1, 0.15) is 11.5 Å². The van der Waals surface area contributed by atoms with Crippen molar-refractivity contribution in [2.45, 2.75) is 31.3 Å². The number of rotatable bonds is 6. The van der Waals surface area contributed by atoms with Gasteiger partial charge in [-0.1, -0.05) is 36.4 Å². The van der Waals surface area contributed by atoms with Gasteiger partial charge in [0.15, 0.2) is 0 Å². The molecule has 0 saturated heterocycles. The molecule has 0 fully saturated rings. The number of benzene rings is 2. The summed E-state index contributed by atoms with van der Waals surface area (Å²) < 4.78 is 84.6. The van der Waals surface area contributed by atoms with E-state index < -0.39 is 35.4 Å². The first-order chi connectivity index (χ1) is 17.6. The van der Waals surface area contributed by atoms with Gasteiger partial charge in [-0.2, -0.15) is 31.6 Å². The lowest BCUT2D eigenvalue weighted by Crippen LogP contribution is -2.57. The van der Waals surface area contributed by atoms with E-state index in [0.29, 0.717) is 23.3 Å². The van der Waals surface area contributed by atoms with Crippen molar-refractivity contribution in [2.24, 2.45) is 5.73 Å². The van der Waals surface area contributed by atoms with Crippen LogP contribution in [0.15, 0.2) is 48.7 Å². The third-order valence-corrected chi connectivity index (χ3v) is 5.45. The monoisotopic (exact) mass is 537 g/mol. The highest BCUT2D eigenvalue weighted by molar-refractivity contribution is 5.90. The number of nitrogen functional groups attached to an aromatic ring is 1. The Morgan fingerprint density at radius 2 is 1.68 bits per heavy atom. The second kappa shape index (κ2) is 10.0. The van der Waals surface area contributed by atoms with Crippen LogP contribution in [0.1, 0.15) is 16.7 Å². The summed E-state index contributed by atoms with van der Waals surface area (Å²) in [4.78, 5) is 31.8. The van der Waals surface area contributed by atoms with E-state index in [1.54, 1.807) is 24.3 Å². The average molecular weight is 537 g/mol. The topological polar surface area (TPSA) is 145 Å².